The fourth-order valence-electron chi connectivity index (χ4n) is 1.97. The lowest BCUT2D eigenvalue weighted by Crippen LogP contribution is -2.37. The van der Waals surface area contributed by atoms with Crippen molar-refractivity contribution >= 4 is 0 Å². The van der Waals surface area contributed by atoms with E-state index >= 15 is 0 Å². The highest BCUT2D eigenvalue weighted by Gasteiger charge is 2.26. The highest BCUT2D eigenvalue weighted by molar-refractivity contribution is 5.23. The van der Waals surface area contributed by atoms with Gasteiger partial charge >= 0.3 is 0 Å². The molecule has 0 aromatic heterocycles. The predicted molar refractivity (Wildman–Crippen MR) is 74.4 cm³/mol. The van der Waals surface area contributed by atoms with Gasteiger partial charge in [-0.3, -0.25) is 0 Å². The molecule has 0 heterocycles. The normalized spacial score (nSPS) is 12.9. The summed E-state index contributed by atoms with van der Waals surface area (Å²) >= 11 is 0. The van der Waals surface area contributed by atoms with Crippen LogP contribution in [0.15, 0.2) is 18.2 Å². The van der Waals surface area contributed by atoms with Crippen LogP contribution in [-0.4, -0.2) is 26.0 Å². The first kappa shape index (κ1) is 17.0. The van der Waals surface area contributed by atoms with Crippen molar-refractivity contribution in [2.24, 2.45) is 0 Å². The molecule has 20 heavy (non-hydrogen) atoms. The van der Waals surface area contributed by atoms with Gasteiger partial charge < -0.3 is 14.8 Å². The van der Waals surface area contributed by atoms with E-state index in [0.717, 1.165) is 18.6 Å². The standard InChI is InChI=1S/C15H23F2NO2/c1-4-9-18-14(15(19-5-2)20-6-3)12-10-11(16)7-8-13(12)17/h7-8,10,14-15,18H,4-6,9H2,1-3H3. The SMILES string of the molecule is CCCNC(c1cc(F)ccc1F)C(OCC)OCC. The average molecular weight is 287 g/mol. The maximum atomic E-state index is 14.0. The van der Waals surface area contributed by atoms with E-state index in [-0.39, 0.29) is 5.56 Å². The zero-order valence-electron chi connectivity index (χ0n) is 12.3. The first-order valence-electron chi connectivity index (χ1n) is 7.05. The van der Waals surface area contributed by atoms with Gasteiger partial charge in [-0.2, -0.15) is 0 Å². The Morgan fingerprint density at radius 3 is 2.30 bits per heavy atom. The molecule has 0 aliphatic rings. The summed E-state index contributed by atoms with van der Waals surface area (Å²) in [6, 6.07) is 2.88. The molecule has 1 unspecified atom stereocenters. The third kappa shape index (κ3) is 4.81. The second kappa shape index (κ2) is 9.00. The molecule has 1 aromatic rings. The number of benzene rings is 1. The average Bonchev–Trinajstić information content (AvgIpc) is 2.43. The lowest BCUT2D eigenvalue weighted by Gasteiger charge is -2.28. The molecule has 0 radical (unpaired) electrons. The Morgan fingerprint density at radius 1 is 1.10 bits per heavy atom. The van der Waals surface area contributed by atoms with Gasteiger partial charge in [0.1, 0.15) is 11.6 Å². The summed E-state index contributed by atoms with van der Waals surface area (Å²) in [7, 11) is 0. The molecule has 0 saturated heterocycles. The van der Waals surface area contributed by atoms with Gasteiger partial charge in [-0.05, 0) is 45.0 Å². The number of halogens is 2. The molecule has 1 aromatic carbocycles. The molecule has 1 atom stereocenters. The van der Waals surface area contributed by atoms with E-state index in [2.05, 4.69) is 5.32 Å². The fourth-order valence-corrected chi connectivity index (χ4v) is 1.97. The van der Waals surface area contributed by atoms with Gasteiger partial charge in [0.2, 0.25) is 0 Å². The molecular formula is C15H23F2NO2. The molecule has 0 spiro atoms. The van der Waals surface area contributed by atoms with Gasteiger partial charge in [0.15, 0.2) is 6.29 Å². The van der Waals surface area contributed by atoms with Gasteiger partial charge in [-0.15, -0.1) is 0 Å². The van der Waals surface area contributed by atoms with Crippen molar-refractivity contribution in [2.45, 2.75) is 39.5 Å². The number of rotatable bonds is 9. The minimum absolute atomic E-state index is 0.227. The van der Waals surface area contributed by atoms with Crippen molar-refractivity contribution in [3.8, 4) is 0 Å². The largest absolute Gasteiger partial charge is 0.351 e. The number of hydrogen-bond acceptors (Lipinski definition) is 3. The quantitative estimate of drug-likeness (QED) is 0.706. The van der Waals surface area contributed by atoms with Gasteiger partial charge in [-0.25, -0.2) is 8.78 Å². The van der Waals surface area contributed by atoms with E-state index < -0.39 is 24.0 Å². The van der Waals surface area contributed by atoms with Crippen LogP contribution < -0.4 is 5.32 Å². The van der Waals surface area contributed by atoms with Gasteiger partial charge in [0, 0.05) is 18.8 Å². The van der Waals surface area contributed by atoms with Gasteiger partial charge in [-0.1, -0.05) is 6.92 Å². The molecule has 114 valence electrons. The number of nitrogens with one attached hydrogen (secondary N) is 1. The number of ether oxygens (including phenoxy) is 2. The molecule has 0 aliphatic heterocycles. The summed E-state index contributed by atoms with van der Waals surface area (Å²) in [6.45, 7) is 7.22. The molecular weight excluding hydrogens is 264 g/mol. The van der Waals surface area contributed by atoms with Crippen LogP contribution in [0, 0.1) is 11.6 Å². The van der Waals surface area contributed by atoms with E-state index in [4.69, 9.17) is 9.47 Å². The van der Waals surface area contributed by atoms with E-state index in [1.807, 2.05) is 20.8 Å². The minimum atomic E-state index is -0.646. The Balaban J connectivity index is 3.04. The zero-order chi connectivity index (χ0) is 15.0. The Bertz CT molecular complexity index is 395. The molecule has 0 bridgehead atoms. The third-order valence-corrected chi connectivity index (χ3v) is 2.84. The molecule has 0 amide bonds. The summed E-state index contributed by atoms with van der Waals surface area (Å²) in [4.78, 5) is 0. The Kier molecular flexibility index (Phi) is 7.65. The van der Waals surface area contributed by atoms with E-state index in [1.54, 1.807) is 0 Å². The van der Waals surface area contributed by atoms with Crippen molar-refractivity contribution in [1.29, 1.82) is 0 Å². The van der Waals surface area contributed by atoms with Gasteiger partial charge in [0.25, 0.3) is 0 Å². The molecule has 3 nitrogen and oxygen atoms in total. The predicted octanol–water partition coefficient (Wildman–Crippen LogP) is 3.40. The van der Waals surface area contributed by atoms with Crippen LogP contribution in [0.3, 0.4) is 0 Å². The Labute approximate surface area is 119 Å². The first-order chi connectivity index (χ1) is 9.63. The zero-order valence-corrected chi connectivity index (χ0v) is 12.3. The van der Waals surface area contributed by atoms with Crippen LogP contribution in [-0.2, 0) is 9.47 Å². The van der Waals surface area contributed by atoms with Gasteiger partial charge in [0.05, 0.1) is 6.04 Å². The summed E-state index contributed by atoms with van der Waals surface area (Å²) in [5, 5.41) is 3.17. The van der Waals surface area contributed by atoms with Crippen LogP contribution >= 0.6 is 0 Å². The Hall–Kier alpha value is -1.04. The first-order valence-corrected chi connectivity index (χ1v) is 7.05. The second-order valence-corrected chi connectivity index (χ2v) is 4.38. The Morgan fingerprint density at radius 2 is 1.75 bits per heavy atom. The maximum absolute atomic E-state index is 14.0. The van der Waals surface area contributed by atoms with Crippen molar-refractivity contribution in [3.05, 3.63) is 35.4 Å². The molecule has 1 rings (SSSR count). The molecule has 1 N–H and O–H groups in total. The van der Waals surface area contributed by atoms with Crippen molar-refractivity contribution < 1.29 is 18.3 Å². The van der Waals surface area contributed by atoms with E-state index in [0.29, 0.717) is 19.8 Å². The summed E-state index contributed by atoms with van der Waals surface area (Å²) in [6.07, 6.45) is 0.228. The van der Waals surface area contributed by atoms with Crippen LogP contribution in [0.4, 0.5) is 8.78 Å². The third-order valence-electron chi connectivity index (χ3n) is 2.84. The van der Waals surface area contributed by atoms with Crippen LogP contribution in [0.2, 0.25) is 0 Å². The number of hydrogen-bond donors (Lipinski definition) is 1. The topological polar surface area (TPSA) is 30.5 Å². The smallest absolute Gasteiger partial charge is 0.176 e. The molecule has 5 heteroatoms. The highest BCUT2D eigenvalue weighted by atomic mass is 19.1. The van der Waals surface area contributed by atoms with Crippen LogP contribution in [0.1, 0.15) is 38.8 Å². The van der Waals surface area contributed by atoms with Crippen molar-refractivity contribution in [2.75, 3.05) is 19.8 Å². The molecule has 0 fully saturated rings. The van der Waals surface area contributed by atoms with Crippen LogP contribution in [0.5, 0.6) is 0 Å². The van der Waals surface area contributed by atoms with Crippen LogP contribution in [0.25, 0.3) is 0 Å². The summed E-state index contributed by atoms with van der Waals surface area (Å²) in [5.41, 5.74) is 0.227. The lowest BCUT2D eigenvalue weighted by molar-refractivity contribution is -0.155. The minimum Gasteiger partial charge on any atom is -0.351 e. The maximum Gasteiger partial charge on any atom is 0.176 e. The van der Waals surface area contributed by atoms with E-state index in [1.165, 1.54) is 6.07 Å². The highest BCUT2D eigenvalue weighted by Crippen LogP contribution is 2.24. The summed E-state index contributed by atoms with van der Waals surface area (Å²) in [5.74, 6) is -0.944. The van der Waals surface area contributed by atoms with Crippen molar-refractivity contribution in [3.63, 3.8) is 0 Å². The summed E-state index contributed by atoms with van der Waals surface area (Å²) < 4.78 is 38.4. The lowest BCUT2D eigenvalue weighted by atomic mass is 10.0. The van der Waals surface area contributed by atoms with E-state index in [9.17, 15) is 8.78 Å². The fraction of sp³-hybridized carbons (Fsp3) is 0.600. The van der Waals surface area contributed by atoms with Crippen molar-refractivity contribution in [1.82, 2.24) is 5.32 Å². The molecule has 0 saturated carbocycles. The second-order valence-electron chi connectivity index (χ2n) is 4.38. The monoisotopic (exact) mass is 287 g/mol. The molecule has 0 aliphatic carbocycles.